The van der Waals surface area contributed by atoms with Gasteiger partial charge in [-0.2, -0.15) is 0 Å². The van der Waals surface area contributed by atoms with Gasteiger partial charge in [-0.3, -0.25) is 0 Å². The summed E-state index contributed by atoms with van der Waals surface area (Å²) in [6, 6.07) is 0. The zero-order valence-corrected chi connectivity index (χ0v) is 13.9. The van der Waals surface area contributed by atoms with Crippen LogP contribution in [0.15, 0.2) is 11.8 Å². The van der Waals surface area contributed by atoms with Gasteiger partial charge in [-0.1, -0.05) is 58.8 Å². The zero-order valence-electron chi connectivity index (χ0n) is 13.9. The van der Waals surface area contributed by atoms with E-state index in [1.807, 2.05) is 6.08 Å². The van der Waals surface area contributed by atoms with Gasteiger partial charge < -0.3 is 14.9 Å². The molecule has 1 heterocycles. The second-order valence-corrected chi connectivity index (χ2v) is 6.31. The first kappa shape index (κ1) is 18.5. The molecule has 0 saturated carbocycles. The van der Waals surface area contributed by atoms with Crippen molar-refractivity contribution in [3.63, 3.8) is 0 Å². The Labute approximate surface area is 130 Å². The Morgan fingerprint density at radius 3 is 2.43 bits per heavy atom. The molecule has 3 unspecified atom stereocenters. The average molecular weight is 298 g/mol. The summed E-state index contributed by atoms with van der Waals surface area (Å²) >= 11 is 0. The highest BCUT2D eigenvalue weighted by Crippen LogP contribution is 2.28. The maximum atomic E-state index is 10.1. The van der Waals surface area contributed by atoms with Crippen LogP contribution in [-0.4, -0.2) is 28.5 Å². The van der Waals surface area contributed by atoms with Crippen molar-refractivity contribution in [2.45, 2.75) is 103 Å². The highest BCUT2D eigenvalue weighted by atomic mass is 16.5. The van der Waals surface area contributed by atoms with Crippen LogP contribution in [0, 0.1) is 0 Å². The second kappa shape index (κ2) is 11.1. The van der Waals surface area contributed by atoms with Crippen molar-refractivity contribution in [2.75, 3.05) is 0 Å². The molecule has 3 heteroatoms. The Morgan fingerprint density at radius 2 is 1.71 bits per heavy atom. The molecule has 1 saturated heterocycles. The van der Waals surface area contributed by atoms with Gasteiger partial charge in [0.25, 0.3) is 0 Å². The van der Waals surface area contributed by atoms with E-state index in [0.29, 0.717) is 6.42 Å². The number of aliphatic hydroxyl groups excluding tert-OH is 2. The molecule has 1 fully saturated rings. The second-order valence-electron chi connectivity index (χ2n) is 6.31. The van der Waals surface area contributed by atoms with E-state index in [-0.39, 0.29) is 11.9 Å². The number of unbranched alkanes of at least 4 members (excludes halogenated alkanes) is 7. The summed E-state index contributed by atoms with van der Waals surface area (Å²) in [6.45, 7) is 4.39. The van der Waals surface area contributed by atoms with Crippen LogP contribution < -0.4 is 0 Å². The molecule has 1 aliphatic rings. The fraction of sp³-hybridized carbons (Fsp3) is 0.889. The smallest absolute Gasteiger partial charge is 0.140 e. The molecule has 21 heavy (non-hydrogen) atoms. The van der Waals surface area contributed by atoms with Crippen LogP contribution in [0.2, 0.25) is 0 Å². The molecule has 1 rings (SSSR count). The Morgan fingerprint density at radius 1 is 1.05 bits per heavy atom. The number of ether oxygens (including phenoxy) is 1. The van der Waals surface area contributed by atoms with Crippen LogP contribution in [-0.2, 0) is 4.74 Å². The Bertz CT molecular complexity index is 288. The summed E-state index contributed by atoms with van der Waals surface area (Å²) in [6.07, 6.45) is 13.1. The summed E-state index contributed by atoms with van der Waals surface area (Å²) in [5, 5.41) is 20.1. The summed E-state index contributed by atoms with van der Waals surface area (Å²) in [7, 11) is 0. The van der Waals surface area contributed by atoms with Crippen molar-refractivity contribution in [3.8, 4) is 0 Å². The van der Waals surface area contributed by atoms with Crippen molar-refractivity contribution >= 4 is 0 Å². The van der Waals surface area contributed by atoms with E-state index in [1.54, 1.807) is 0 Å². The zero-order chi connectivity index (χ0) is 15.5. The van der Waals surface area contributed by atoms with Gasteiger partial charge in [0.2, 0.25) is 0 Å². The first-order valence-corrected chi connectivity index (χ1v) is 8.91. The fourth-order valence-corrected chi connectivity index (χ4v) is 2.94. The van der Waals surface area contributed by atoms with E-state index in [4.69, 9.17) is 4.74 Å². The fourth-order valence-electron chi connectivity index (χ4n) is 2.94. The van der Waals surface area contributed by atoms with Gasteiger partial charge in [-0.25, -0.2) is 0 Å². The van der Waals surface area contributed by atoms with Gasteiger partial charge in [-0.05, 0) is 25.3 Å². The molecule has 0 spiro atoms. The van der Waals surface area contributed by atoms with Gasteiger partial charge in [-0.15, -0.1) is 0 Å². The van der Waals surface area contributed by atoms with Crippen LogP contribution in [0.4, 0.5) is 0 Å². The summed E-state index contributed by atoms with van der Waals surface area (Å²) < 4.78 is 5.81. The number of allylic oxidation sites excluding steroid dienone is 1. The molecule has 0 aliphatic carbocycles. The molecule has 0 aromatic rings. The molecule has 0 amide bonds. The Kier molecular flexibility index (Phi) is 9.77. The maximum Gasteiger partial charge on any atom is 0.140 e. The molecule has 2 N–H and O–H groups in total. The van der Waals surface area contributed by atoms with Crippen molar-refractivity contribution in [2.24, 2.45) is 0 Å². The van der Waals surface area contributed by atoms with Crippen molar-refractivity contribution in [1.29, 1.82) is 0 Å². The normalized spacial score (nSPS) is 26.4. The molecule has 1 aliphatic heterocycles. The average Bonchev–Trinajstić information content (AvgIpc) is 2.84. The third-order valence-corrected chi connectivity index (χ3v) is 4.28. The lowest BCUT2D eigenvalue weighted by Gasteiger charge is -2.14. The largest absolute Gasteiger partial charge is 0.510 e. The lowest BCUT2D eigenvalue weighted by atomic mass is 10.0. The minimum atomic E-state index is -0.548. The van der Waals surface area contributed by atoms with Gasteiger partial charge in [0.1, 0.15) is 11.9 Å². The minimum absolute atomic E-state index is 0.108. The molecular formula is C18H34O3. The van der Waals surface area contributed by atoms with E-state index in [1.165, 1.54) is 38.5 Å². The lowest BCUT2D eigenvalue weighted by Crippen LogP contribution is -2.23. The minimum Gasteiger partial charge on any atom is -0.510 e. The van der Waals surface area contributed by atoms with Gasteiger partial charge in [0.05, 0.1) is 12.2 Å². The Balaban J connectivity index is 2.24. The van der Waals surface area contributed by atoms with Crippen LogP contribution in [0.1, 0.15) is 84.5 Å². The quantitative estimate of drug-likeness (QED) is 0.422. The van der Waals surface area contributed by atoms with E-state index in [0.717, 1.165) is 25.7 Å². The van der Waals surface area contributed by atoms with Crippen molar-refractivity contribution in [3.05, 3.63) is 11.8 Å². The summed E-state index contributed by atoms with van der Waals surface area (Å²) in [5.74, 6) is 0.232. The molecule has 0 radical (unpaired) electrons. The van der Waals surface area contributed by atoms with Gasteiger partial charge in [0.15, 0.2) is 0 Å². The summed E-state index contributed by atoms with van der Waals surface area (Å²) in [5.41, 5.74) is 0. The van der Waals surface area contributed by atoms with E-state index in [2.05, 4.69) is 13.8 Å². The molecule has 0 bridgehead atoms. The highest BCUT2D eigenvalue weighted by molar-refractivity contribution is 5.05. The predicted molar refractivity (Wildman–Crippen MR) is 87.5 cm³/mol. The topological polar surface area (TPSA) is 49.7 Å². The van der Waals surface area contributed by atoms with E-state index in [9.17, 15) is 10.2 Å². The monoisotopic (exact) mass is 298 g/mol. The predicted octanol–water partition coefficient (Wildman–Crippen LogP) is 4.89. The van der Waals surface area contributed by atoms with Gasteiger partial charge >= 0.3 is 0 Å². The molecule has 3 nitrogen and oxygen atoms in total. The van der Waals surface area contributed by atoms with Crippen LogP contribution in [0.3, 0.4) is 0 Å². The number of aliphatic hydroxyl groups is 2. The van der Waals surface area contributed by atoms with E-state index < -0.39 is 12.2 Å². The van der Waals surface area contributed by atoms with E-state index >= 15 is 0 Å². The van der Waals surface area contributed by atoms with Crippen LogP contribution in [0.25, 0.3) is 0 Å². The molecule has 3 atom stereocenters. The lowest BCUT2D eigenvalue weighted by molar-refractivity contribution is 0.00609. The highest BCUT2D eigenvalue weighted by Gasteiger charge is 2.35. The maximum absolute atomic E-state index is 10.1. The van der Waals surface area contributed by atoms with Gasteiger partial charge in [0, 0.05) is 6.42 Å². The Hall–Kier alpha value is -0.540. The molecule has 124 valence electrons. The number of hydrogen-bond donors (Lipinski definition) is 2. The molecule has 0 aromatic heterocycles. The third-order valence-electron chi connectivity index (χ3n) is 4.28. The standard InChI is InChI=1S/C18H34O3/c1-3-5-7-8-9-11-13-16(19)18-17(20)14-15(21-18)12-10-6-4-2/h13,15,17-20H,3-12,14H2,1-2H3/b16-13-. The van der Waals surface area contributed by atoms with Crippen molar-refractivity contribution in [1.82, 2.24) is 0 Å². The number of rotatable bonds is 11. The number of hydrogen-bond acceptors (Lipinski definition) is 3. The third kappa shape index (κ3) is 7.32. The van der Waals surface area contributed by atoms with Crippen LogP contribution in [0.5, 0.6) is 0 Å². The first-order valence-electron chi connectivity index (χ1n) is 8.91. The van der Waals surface area contributed by atoms with Crippen molar-refractivity contribution < 1.29 is 14.9 Å². The van der Waals surface area contributed by atoms with Crippen LogP contribution >= 0.6 is 0 Å². The molecule has 0 aromatic carbocycles. The summed E-state index contributed by atoms with van der Waals surface area (Å²) in [4.78, 5) is 0. The SMILES string of the molecule is CCCCCCC/C=C(\O)C1OC(CCCCC)CC1O. The first-order chi connectivity index (χ1) is 10.2. The molecular weight excluding hydrogens is 264 g/mol.